The van der Waals surface area contributed by atoms with E-state index in [1.54, 1.807) is 13.8 Å². The van der Waals surface area contributed by atoms with Crippen molar-refractivity contribution in [1.29, 1.82) is 0 Å². The maximum absolute atomic E-state index is 14.9. The van der Waals surface area contributed by atoms with Gasteiger partial charge in [0.2, 0.25) is 0 Å². The molecule has 1 fully saturated rings. The summed E-state index contributed by atoms with van der Waals surface area (Å²) in [5, 5.41) is 10.6. The van der Waals surface area contributed by atoms with Gasteiger partial charge < -0.3 is 29.0 Å². The van der Waals surface area contributed by atoms with Crippen LogP contribution in [0.3, 0.4) is 0 Å². The minimum atomic E-state index is -1.16. The zero-order chi connectivity index (χ0) is 31.1. The minimum absolute atomic E-state index is 0.00513. The molecule has 0 unspecified atom stereocenters. The lowest BCUT2D eigenvalue weighted by molar-refractivity contribution is 0.0476. The van der Waals surface area contributed by atoms with E-state index in [1.165, 1.54) is 13.2 Å². The number of benzene rings is 2. The Labute approximate surface area is 243 Å². The summed E-state index contributed by atoms with van der Waals surface area (Å²) in [6, 6.07) is 3.16. The topological polar surface area (TPSA) is 150 Å². The molecule has 2 aromatic carbocycles. The van der Waals surface area contributed by atoms with Gasteiger partial charge in [-0.3, -0.25) is 10.4 Å². The molecule has 12 nitrogen and oxygen atoms in total. The highest BCUT2D eigenvalue weighted by Gasteiger charge is 2.29. The number of nitrogens with one attached hydrogen (secondary N) is 3. The minimum Gasteiger partial charge on any atom is -0.493 e. The third-order valence-corrected chi connectivity index (χ3v) is 6.16. The van der Waals surface area contributed by atoms with E-state index >= 15 is 0 Å². The quantitative estimate of drug-likeness (QED) is 0.223. The number of rotatable bonds is 13. The van der Waals surface area contributed by atoms with Gasteiger partial charge in [-0.15, -0.1) is 0 Å². The first-order valence-electron chi connectivity index (χ1n) is 13.3. The van der Waals surface area contributed by atoms with Crippen molar-refractivity contribution in [3.8, 4) is 17.2 Å². The number of H-pyrrole nitrogens is 1. The number of carbonyl (C=O) groups is 3. The van der Waals surface area contributed by atoms with Crippen LogP contribution < -0.4 is 24.8 Å². The van der Waals surface area contributed by atoms with Crippen molar-refractivity contribution in [3.63, 3.8) is 0 Å². The second-order valence-corrected chi connectivity index (χ2v) is 9.21. The van der Waals surface area contributed by atoms with Gasteiger partial charge in [-0.05, 0) is 44.7 Å². The number of halogens is 3. The zero-order valence-electron chi connectivity index (χ0n) is 23.5. The number of urea groups is 1. The first-order chi connectivity index (χ1) is 20.7. The van der Waals surface area contributed by atoms with E-state index in [1.807, 2.05) is 0 Å². The second-order valence-electron chi connectivity index (χ2n) is 9.21. The molecule has 0 spiro atoms. The molecule has 4 rings (SSSR count). The highest BCUT2D eigenvalue weighted by atomic mass is 19.2. The normalized spacial score (nSPS) is 12.3. The van der Waals surface area contributed by atoms with E-state index in [0.717, 1.165) is 31.0 Å². The second kappa shape index (κ2) is 13.8. The molecule has 1 heterocycles. The molecule has 43 heavy (non-hydrogen) atoms. The predicted octanol–water partition coefficient (Wildman–Crippen LogP) is 5.20. The fraction of sp³-hybridized carbons (Fsp3) is 0.357. The molecule has 3 aromatic rings. The van der Waals surface area contributed by atoms with Crippen molar-refractivity contribution in [3.05, 3.63) is 58.5 Å². The Morgan fingerprint density at radius 3 is 2.33 bits per heavy atom. The van der Waals surface area contributed by atoms with Gasteiger partial charge in [0, 0.05) is 12.1 Å². The molecule has 0 atom stereocenters. The largest absolute Gasteiger partial charge is 0.493 e. The van der Waals surface area contributed by atoms with Crippen LogP contribution in [0.1, 0.15) is 53.1 Å². The number of carbonyl (C=O) groups excluding carboxylic acids is 3. The van der Waals surface area contributed by atoms with E-state index in [2.05, 4.69) is 20.8 Å². The molecule has 2 amide bonds. The number of hydrogen-bond donors (Lipinski definition) is 3. The molecule has 3 N–H and O–H groups in total. The molecule has 0 radical (unpaired) electrons. The Hall–Kier alpha value is -4.95. The van der Waals surface area contributed by atoms with Crippen LogP contribution >= 0.6 is 0 Å². The molecule has 0 saturated heterocycles. The molecular formula is C28H29F3N4O8. The van der Waals surface area contributed by atoms with E-state index in [0.29, 0.717) is 12.5 Å². The first kappa shape index (κ1) is 31.0. The van der Waals surface area contributed by atoms with E-state index in [-0.39, 0.29) is 47.5 Å². The predicted molar refractivity (Wildman–Crippen MR) is 145 cm³/mol. The molecular weight excluding hydrogens is 577 g/mol. The Morgan fingerprint density at radius 1 is 0.930 bits per heavy atom. The Balaban J connectivity index is 1.53. The fourth-order valence-corrected chi connectivity index (χ4v) is 3.84. The van der Waals surface area contributed by atoms with E-state index in [4.69, 9.17) is 23.7 Å². The standard InChI is InChI=1S/C28H29F3N4O8/c1-4-40-26(36)22-24(27(37)41-5-2)34-35-25(22)33-28(38)32-18-11-21(20(39-3)10-17(18)30)43-13-15-19(42-12-14-6-7-14)9-8-16(29)23(15)31/h8-11,14H,4-7,12-13H2,1-3H3,(H3,32,33,34,35,38). The third-order valence-electron chi connectivity index (χ3n) is 6.16. The molecule has 1 aliphatic carbocycles. The monoisotopic (exact) mass is 606 g/mol. The van der Waals surface area contributed by atoms with Gasteiger partial charge in [-0.1, -0.05) is 0 Å². The maximum atomic E-state index is 14.9. The number of ether oxygens (including phenoxy) is 5. The van der Waals surface area contributed by atoms with Crippen molar-refractivity contribution in [2.45, 2.75) is 33.3 Å². The van der Waals surface area contributed by atoms with Gasteiger partial charge in [0.05, 0.1) is 38.2 Å². The highest BCUT2D eigenvalue weighted by Crippen LogP contribution is 2.36. The van der Waals surface area contributed by atoms with Gasteiger partial charge in [-0.25, -0.2) is 27.6 Å². The van der Waals surface area contributed by atoms with Crippen molar-refractivity contribution < 1.29 is 51.2 Å². The van der Waals surface area contributed by atoms with Crippen LogP contribution in [-0.4, -0.2) is 55.1 Å². The average molecular weight is 607 g/mol. The summed E-state index contributed by atoms with van der Waals surface area (Å²) < 4.78 is 69.9. The van der Waals surface area contributed by atoms with E-state index < -0.39 is 53.3 Å². The number of methoxy groups -OCH3 is 1. The molecule has 0 aliphatic heterocycles. The number of nitrogens with zero attached hydrogens (tertiary/aromatic N) is 1. The zero-order valence-corrected chi connectivity index (χ0v) is 23.5. The summed E-state index contributed by atoms with van der Waals surface area (Å²) >= 11 is 0. The lowest BCUT2D eigenvalue weighted by Gasteiger charge is -2.16. The summed E-state index contributed by atoms with van der Waals surface area (Å²) in [5.74, 6) is -5.23. The van der Waals surface area contributed by atoms with Crippen LogP contribution in [0.25, 0.3) is 0 Å². The summed E-state index contributed by atoms with van der Waals surface area (Å²) in [7, 11) is 1.24. The van der Waals surface area contributed by atoms with Gasteiger partial charge in [0.25, 0.3) is 0 Å². The van der Waals surface area contributed by atoms with Crippen LogP contribution in [0.15, 0.2) is 24.3 Å². The van der Waals surface area contributed by atoms with Crippen molar-refractivity contribution in [2.75, 3.05) is 37.6 Å². The van der Waals surface area contributed by atoms with Crippen LogP contribution in [0, 0.1) is 23.4 Å². The fourth-order valence-electron chi connectivity index (χ4n) is 3.84. The summed E-state index contributed by atoms with van der Waals surface area (Å²) in [6.45, 7) is 2.90. The summed E-state index contributed by atoms with van der Waals surface area (Å²) in [5.41, 5.74) is -1.35. The van der Waals surface area contributed by atoms with Crippen LogP contribution in [0.2, 0.25) is 0 Å². The van der Waals surface area contributed by atoms with Crippen molar-refractivity contribution in [2.24, 2.45) is 5.92 Å². The lowest BCUT2D eigenvalue weighted by Crippen LogP contribution is -2.22. The number of amides is 2. The van der Waals surface area contributed by atoms with Crippen LogP contribution in [0.5, 0.6) is 17.2 Å². The molecule has 1 saturated carbocycles. The van der Waals surface area contributed by atoms with Gasteiger partial charge in [0.1, 0.15) is 17.9 Å². The molecule has 15 heteroatoms. The Bertz CT molecular complexity index is 1510. The van der Waals surface area contributed by atoms with E-state index in [9.17, 15) is 27.6 Å². The van der Waals surface area contributed by atoms with Gasteiger partial charge >= 0.3 is 18.0 Å². The SMILES string of the molecule is CCOC(=O)c1[nH]nc(NC(=O)Nc2cc(OCc3c(OCC4CC4)ccc(F)c3F)c(OC)cc2F)c1C(=O)OCC. The van der Waals surface area contributed by atoms with Crippen molar-refractivity contribution >= 4 is 29.5 Å². The summed E-state index contributed by atoms with van der Waals surface area (Å²) in [6.07, 6.45) is 1.98. The average Bonchev–Trinajstić information content (AvgIpc) is 3.72. The molecule has 1 aliphatic rings. The smallest absolute Gasteiger partial charge is 0.357 e. The summed E-state index contributed by atoms with van der Waals surface area (Å²) in [4.78, 5) is 37.5. The lowest BCUT2D eigenvalue weighted by atomic mass is 10.2. The number of hydrogen-bond acceptors (Lipinski definition) is 9. The third kappa shape index (κ3) is 7.47. The Morgan fingerprint density at radius 2 is 1.65 bits per heavy atom. The van der Waals surface area contributed by atoms with Gasteiger partial charge in [0.15, 0.2) is 40.5 Å². The highest BCUT2D eigenvalue weighted by molar-refractivity contribution is 6.09. The molecule has 230 valence electrons. The number of anilines is 2. The van der Waals surface area contributed by atoms with Gasteiger partial charge in [-0.2, -0.15) is 5.10 Å². The number of esters is 2. The van der Waals surface area contributed by atoms with Crippen molar-refractivity contribution in [1.82, 2.24) is 10.2 Å². The first-order valence-corrected chi connectivity index (χ1v) is 13.3. The van der Waals surface area contributed by atoms with Crippen LogP contribution in [-0.2, 0) is 16.1 Å². The Kier molecular flexibility index (Phi) is 9.95. The molecule has 1 aromatic heterocycles. The maximum Gasteiger partial charge on any atom is 0.357 e. The van der Waals surface area contributed by atoms with Crippen LogP contribution in [0.4, 0.5) is 29.5 Å². The number of aromatic amines is 1. The number of aromatic nitrogens is 2. The molecule has 0 bridgehead atoms.